The molecule has 0 aliphatic carbocycles. The summed E-state index contributed by atoms with van der Waals surface area (Å²) in [5.74, 6) is -1.85. The Morgan fingerprint density at radius 1 is 0.595 bits per heavy atom. The zero-order valence-electron chi connectivity index (χ0n) is 24.8. The van der Waals surface area contributed by atoms with Crippen LogP contribution in [0.5, 0.6) is 0 Å². The van der Waals surface area contributed by atoms with Crippen molar-refractivity contribution in [2.24, 2.45) is 5.92 Å². The molecule has 1 unspecified atom stereocenters. The predicted octanol–water partition coefficient (Wildman–Crippen LogP) is 10.6. The maximum absolute atomic E-state index is 11.7. The van der Waals surface area contributed by atoms with Crippen LogP contribution in [0.4, 0.5) is 0 Å². The lowest BCUT2D eigenvalue weighted by atomic mass is 9.97. The lowest BCUT2D eigenvalue weighted by Gasteiger charge is -2.11. The number of carbonyl (C=O) groups is 2. The molecule has 0 rings (SSSR count). The van der Waals surface area contributed by atoms with Crippen LogP contribution in [0.15, 0.2) is 12.2 Å². The van der Waals surface area contributed by atoms with Crippen molar-refractivity contribution < 1.29 is 19.4 Å². The summed E-state index contributed by atoms with van der Waals surface area (Å²) in [5, 5.41) is 9.32. The van der Waals surface area contributed by atoms with Crippen LogP contribution in [0.25, 0.3) is 0 Å². The van der Waals surface area contributed by atoms with Crippen LogP contribution < -0.4 is 0 Å². The molecule has 0 saturated carbocycles. The SMILES string of the molecule is CCC/C=C/CCCCCCCCCCCCCCCCCCCCCC(CC(=O)OCCC)C(=O)O. The number of ether oxygens (including phenoxy) is 1. The van der Waals surface area contributed by atoms with E-state index in [0.717, 1.165) is 19.3 Å². The monoisotopic (exact) mass is 522 g/mol. The van der Waals surface area contributed by atoms with E-state index < -0.39 is 11.9 Å². The molecule has 0 aromatic heterocycles. The Labute approximate surface area is 230 Å². The quantitative estimate of drug-likeness (QED) is 0.0602. The smallest absolute Gasteiger partial charge is 0.307 e. The van der Waals surface area contributed by atoms with E-state index in [-0.39, 0.29) is 12.4 Å². The first-order valence-electron chi connectivity index (χ1n) is 16.1. The van der Waals surface area contributed by atoms with Crippen LogP contribution in [0, 0.1) is 5.92 Å². The normalized spacial score (nSPS) is 12.3. The fourth-order valence-corrected chi connectivity index (χ4v) is 4.85. The molecule has 0 aliphatic heterocycles. The minimum Gasteiger partial charge on any atom is -0.481 e. The van der Waals surface area contributed by atoms with Crippen molar-refractivity contribution >= 4 is 11.9 Å². The number of rotatable bonds is 29. The summed E-state index contributed by atoms with van der Waals surface area (Å²) in [6, 6.07) is 0. The van der Waals surface area contributed by atoms with E-state index in [1.54, 1.807) is 0 Å². The number of hydrogen-bond donors (Lipinski definition) is 1. The first-order valence-corrected chi connectivity index (χ1v) is 16.1. The molecule has 0 radical (unpaired) electrons. The molecule has 0 saturated heterocycles. The van der Waals surface area contributed by atoms with Gasteiger partial charge in [0.2, 0.25) is 0 Å². The van der Waals surface area contributed by atoms with Crippen molar-refractivity contribution in [3.05, 3.63) is 12.2 Å². The van der Waals surface area contributed by atoms with Crippen LogP contribution >= 0.6 is 0 Å². The zero-order chi connectivity index (χ0) is 27.2. The second kappa shape index (κ2) is 29.2. The largest absolute Gasteiger partial charge is 0.481 e. The summed E-state index contributed by atoms with van der Waals surface area (Å²) < 4.78 is 5.02. The van der Waals surface area contributed by atoms with Gasteiger partial charge < -0.3 is 9.84 Å². The van der Waals surface area contributed by atoms with E-state index in [9.17, 15) is 14.7 Å². The van der Waals surface area contributed by atoms with E-state index >= 15 is 0 Å². The number of hydrogen-bond acceptors (Lipinski definition) is 3. The molecule has 218 valence electrons. The van der Waals surface area contributed by atoms with Gasteiger partial charge in [0.25, 0.3) is 0 Å². The molecule has 0 amide bonds. The standard InChI is InChI=1S/C33H62O4/c1-3-5-6-7-8-9-10-11-12-13-14-15-16-17-18-19-20-21-22-23-24-25-26-27-28-31(33(35)36)30-32(34)37-29-4-2/h6-7,31H,3-5,8-30H2,1-2H3,(H,35,36)/b7-6+. The number of carboxylic acids is 1. The van der Waals surface area contributed by atoms with Gasteiger partial charge in [-0.3, -0.25) is 9.59 Å². The van der Waals surface area contributed by atoms with Crippen LogP contribution in [-0.4, -0.2) is 23.7 Å². The Hall–Kier alpha value is -1.32. The minimum atomic E-state index is -0.874. The fraction of sp³-hybridized carbons (Fsp3) is 0.879. The van der Waals surface area contributed by atoms with E-state index in [1.165, 1.54) is 128 Å². The summed E-state index contributed by atoms with van der Waals surface area (Å²) in [5.41, 5.74) is 0. The highest BCUT2D eigenvalue weighted by Crippen LogP contribution is 2.18. The molecule has 4 heteroatoms. The summed E-state index contributed by atoms with van der Waals surface area (Å²) in [6.45, 7) is 4.55. The number of aliphatic carboxylic acids is 1. The first-order chi connectivity index (χ1) is 18.1. The van der Waals surface area contributed by atoms with E-state index in [0.29, 0.717) is 13.0 Å². The molecule has 37 heavy (non-hydrogen) atoms. The molecule has 1 N–H and O–H groups in total. The lowest BCUT2D eigenvalue weighted by molar-refractivity contribution is -0.151. The van der Waals surface area contributed by atoms with Gasteiger partial charge in [0, 0.05) is 0 Å². The summed E-state index contributed by atoms with van der Waals surface area (Å²) in [4.78, 5) is 23.0. The van der Waals surface area contributed by atoms with Gasteiger partial charge in [-0.2, -0.15) is 0 Å². The second-order valence-electron chi connectivity index (χ2n) is 11.0. The van der Waals surface area contributed by atoms with Gasteiger partial charge in [-0.25, -0.2) is 0 Å². The Kier molecular flexibility index (Phi) is 28.2. The van der Waals surface area contributed by atoms with Gasteiger partial charge in [0.05, 0.1) is 18.9 Å². The third-order valence-corrected chi connectivity index (χ3v) is 7.27. The maximum Gasteiger partial charge on any atom is 0.307 e. The van der Waals surface area contributed by atoms with Gasteiger partial charge in [-0.1, -0.05) is 148 Å². The highest BCUT2D eigenvalue weighted by atomic mass is 16.5. The van der Waals surface area contributed by atoms with Crippen LogP contribution in [0.2, 0.25) is 0 Å². The Bertz CT molecular complexity index is 528. The van der Waals surface area contributed by atoms with Crippen molar-refractivity contribution in [1.29, 1.82) is 0 Å². The van der Waals surface area contributed by atoms with Crippen molar-refractivity contribution in [3.8, 4) is 0 Å². The lowest BCUT2D eigenvalue weighted by Crippen LogP contribution is -2.19. The fourth-order valence-electron chi connectivity index (χ4n) is 4.85. The first kappa shape index (κ1) is 35.7. The molecule has 0 bridgehead atoms. The molecule has 1 atom stereocenters. The Morgan fingerprint density at radius 3 is 1.41 bits per heavy atom. The molecule has 4 nitrogen and oxygen atoms in total. The van der Waals surface area contributed by atoms with E-state index in [2.05, 4.69) is 19.1 Å². The van der Waals surface area contributed by atoms with E-state index in [1.807, 2.05) is 6.92 Å². The summed E-state index contributed by atoms with van der Waals surface area (Å²) >= 11 is 0. The molecular weight excluding hydrogens is 460 g/mol. The maximum atomic E-state index is 11.7. The molecule has 0 heterocycles. The van der Waals surface area contributed by atoms with Crippen molar-refractivity contribution in [3.63, 3.8) is 0 Å². The molecule has 0 fully saturated rings. The predicted molar refractivity (Wildman–Crippen MR) is 158 cm³/mol. The minimum absolute atomic E-state index is 0.00695. The zero-order valence-corrected chi connectivity index (χ0v) is 24.8. The van der Waals surface area contributed by atoms with Crippen LogP contribution in [-0.2, 0) is 14.3 Å². The topological polar surface area (TPSA) is 63.6 Å². The average Bonchev–Trinajstić information content (AvgIpc) is 2.89. The van der Waals surface area contributed by atoms with Gasteiger partial charge in [-0.05, 0) is 32.1 Å². The van der Waals surface area contributed by atoms with Gasteiger partial charge in [0.1, 0.15) is 0 Å². The van der Waals surface area contributed by atoms with Crippen molar-refractivity contribution in [2.75, 3.05) is 6.61 Å². The third kappa shape index (κ3) is 27.5. The number of unbranched alkanes of at least 4 members (excludes halogenated alkanes) is 20. The molecule has 0 aromatic carbocycles. The molecular formula is C33H62O4. The van der Waals surface area contributed by atoms with Crippen molar-refractivity contribution in [1.82, 2.24) is 0 Å². The highest BCUT2D eigenvalue weighted by Gasteiger charge is 2.21. The molecule has 0 aromatic rings. The van der Waals surface area contributed by atoms with E-state index in [4.69, 9.17) is 4.74 Å². The van der Waals surface area contributed by atoms with Crippen LogP contribution in [0.1, 0.15) is 174 Å². The van der Waals surface area contributed by atoms with Gasteiger partial charge >= 0.3 is 11.9 Å². The highest BCUT2D eigenvalue weighted by molar-refractivity contribution is 5.78. The van der Waals surface area contributed by atoms with Gasteiger partial charge in [0.15, 0.2) is 0 Å². The Morgan fingerprint density at radius 2 is 1.00 bits per heavy atom. The number of esters is 1. The van der Waals surface area contributed by atoms with Gasteiger partial charge in [-0.15, -0.1) is 0 Å². The number of allylic oxidation sites excluding steroid dienone is 2. The summed E-state index contributed by atoms with van der Waals surface area (Å²) in [6.07, 6.45) is 35.1. The average molecular weight is 523 g/mol. The molecule has 0 spiro atoms. The van der Waals surface area contributed by atoms with Crippen molar-refractivity contribution in [2.45, 2.75) is 174 Å². The number of carboxylic acid groups (broad SMARTS) is 1. The molecule has 0 aliphatic rings. The third-order valence-electron chi connectivity index (χ3n) is 7.27. The number of carbonyl (C=O) groups excluding carboxylic acids is 1. The Balaban J connectivity index is 3.31. The summed E-state index contributed by atoms with van der Waals surface area (Å²) in [7, 11) is 0. The van der Waals surface area contributed by atoms with Crippen LogP contribution in [0.3, 0.4) is 0 Å². The second-order valence-corrected chi connectivity index (χ2v) is 11.0.